The average molecular weight is 586 g/mol. The van der Waals surface area contributed by atoms with Crippen LogP contribution in [-0.4, -0.2) is 41.1 Å². The highest BCUT2D eigenvalue weighted by molar-refractivity contribution is 7.89. The van der Waals surface area contributed by atoms with Crippen LogP contribution in [0.1, 0.15) is 33.6 Å². The summed E-state index contributed by atoms with van der Waals surface area (Å²) in [5.74, 6) is -0.748. The minimum absolute atomic E-state index is 0.0280. The predicted octanol–water partition coefficient (Wildman–Crippen LogP) is 6.31. The van der Waals surface area contributed by atoms with Crippen molar-refractivity contribution in [2.45, 2.75) is 50.1 Å². The molecule has 2 amide bonds. The Hall–Kier alpha value is -3.24. The lowest BCUT2D eigenvalue weighted by atomic mass is 10.00. The smallest absolute Gasteiger partial charge is 0.252 e. The Morgan fingerprint density at radius 2 is 1.74 bits per heavy atom. The third-order valence-corrected chi connectivity index (χ3v) is 9.80. The number of anilines is 1. The number of hydrogen-bond acceptors (Lipinski definition) is 6. The van der Waals surface area contributed by atoms with Crippen LogP contribution in [0.25, 0.3) is 22.6 Å². The van der Waals surface area contributed by atoms with Crippen LogP contribution >= 0.6 is 23.2 Å². The van der Waals surface area contributed by atoms with Gasteiger partial charge in [-0.15, -0.1) is 0 Å². The second-order valence-corrected chi connectivity index (χ2v) is 12.5. The van der Waals surface area contributed by atoms with Gasteiger partial charge in [0.1, 0.15) is 16.5 Å². The van der Waals surface area contributed by atoms with Crippen molar-refractivity contribution >= 4 is 61.8 Å². The van der Waals surface area contributed by atoms with Crippen molar-refractivity contribution in [1.82, 2.24) is 9.29 Å². The average Bonchev–Trinajstić information content (AvgIpc) is 3.45. The quantitative estimate of drug-likeness (QED) is 0.235. The zero-order chi connectivity index (χ0) is 28.1. The fourth-order valence-electron chi connectivity index (χ4n) is 4.67. The van der Waals surface area contributed by atoms with E-state index in [4.69, 9.17) is 27.6 Å². The third kappa shape index (κ3) is 4.84. The summed E-state index contributed by atoms with van der Waals surface area (Å²) in [5.41, 5.74) is 1.32. The molecule has 11 heteroatoms. The molecule has 0 aliphatic carbocycles. The Balaban J connectivity index is 1.49. The highest BCUT2D eigenvalue weighted by Gasteiger charge is 2.51. The van der Waals surface area contributed by atoms with E-state index in [-0.39, 0.29) is 21.4 Å². The lowest BCUT2D eigenvalue weighted by Crippen LogP contribution is -2.55. The zero-order valence-electron chi connectivity index (χ0n) is 21.4. The second-order valence-electron chi connectivity index (χ2n) is 9.86. The molecular weight excluding hydrogens is 561 g/mol. The largest absolute Gasteiger partial charge is 0.436 e. The molecule has 1 fully saturated rings. The summed E-state index contributed by atoms with van der Waals surface area (Å²) in [4.78, 5) is 32.2. The molecule has 0 spiro atoms. The van der Waals surface area contributed by atoms with E-state index in [1.165, 1.54) is 18.2 Å². The van der Waals surface area contributed by atoms with Gasteiger partial charge in [-0.05, 0) is 74.9 Å². The minimum atomic E-state index is -4.33. The number of halogens is 2. The number of imide groups is 1. The molecule has 5 rings (SSSR count). The molecule has 0 bridgehead atoms. The zero-order valence-corrected chi connectivity index (χ0v) is 23.7. The Morgan fingerprint density at radius 1 is 1.05 bits per heavy atom. The van der Waals surface area contributed by atoms with Gasteiger partial charge in [0.2, 0.25) is 21.8 Å². The summed E-state index contributed by atoms with van der Waals surface area (Å²) in [6.07, 6.45) is 0.0636. The summed E-state index contributed by atoms with van der Waals surface area (Å²) >= 11 is 12.4. The van der Waals surface area contributed by atoms with Gasteiger partial charge in [-0.3, -0.25) is 9.59 Å². The van der Waals surface area contributed by atoms with E-state index < -0.39 is 33.4 Å². The molecule has 0 saturated carbocycles. The van der Waals surface area contributed by atoms with Gasteiger partial charge in [-0.25, -0.2) is 18.3 Å². The van der Waals surface area contributed by atoms with Crippen LogP contribution in [0, 0.1) is 0 Å². The maximum absolute atomic E-state index is 14.0. The van der Waals surface area contributed by atoms with Crippen molar-refractivity contribution < 1.29 is 22.4 Å². The van der Waals surface area contributed by atoms with Crippen LogP contribution in [0.3, 0.4) is 0 Å². The van der Waals surface area contributed by atoms with Crippen molar-refractivity contribution in [1.29, 1.82) is 0 Å². The van der Waals surface area contributed by atoms with E-state index in [1.807, 2.05) is 31.2 Å². The molecule has 1 unspecified atom stereocenters. The molecule has 39 heavy (non-hydrogen) atoms. The molecule has 1 saturated heterocycles. The minimum Gasteiger partial charge on any atom is -0.436 e. The SMILES string of the molecule is CCC(C)(C)N(C1CC(=O)N(c2ccc(-c3nc4ccccc4o3)cc2)C1=O)S(=O)(=O)c1cc(Cl)ccc1Cl. The lowest BCUT2D eigenvalue weighted by molar-refractivity contribution is -0.122. The Bertz CT molecular complexity index is 1670. The van der Waals surface area contributed by atoms with Crippen LogP contribution in [0.15, 0.2) is 76.0 Å². The van der Waals surface area contributed by atoms with Gasteiger partial charge in [0, 0.05) is 16.1 Å². The predicted molar refractivity (Wildman–Crippen MR) is 150 cm³/mol. The van der Waals surface area contributed by atoms with E-state index in [2.05, 4.69) is 4.98 Å². The number of oxazole rings is 1. The molecule has 1 atom stereocenters. The van der Waals surface area contributed by atoms with Crippen molar-refractivity contribution in [2.24, 2.45) is 0 Å². The van der Waals surface area contributed by atoms with E-state index in [0.29, 0.717) is 34.7 Å². The van der Waals surface area contributed by atoms with Crippen LogP contribution in [0.4, 0.5) is 5.69 Å². The van der Waals surface area contributed by atoms with Crippen LogP contribution in [-0.2, 0) is 19.6 Å². The van der Waals surface area contributed by atoms with E-state index in [0.717, 1.165) is 9.21 Å². The Morgan fingerprint density at radius 3 is 2.41 bits per heavy atom. The Labute approximate surface area is 236 Å². The summed E-state index contributed by atoms with van der Waals surface area (Å²) < 4.78 is 34.8. The lowest BCUT2D eigenvalue weighted by Gasteiger charge is -2.39. The number of rotatable bonds is 7. The topological polar surface area (TPSA) is 101 Å². The molecule has 0 N–H and O–H groups in total. The number of carbonyl (C=O) groups is 2. The van der Waals surface area contributed by atoms with E-state index in [1.54, 1.807) is 38.1 Å². The van der Waals surface area contributed by atoms with E-state index in [9.17, 15) is 18.0 Å². The second kappa shape index (κ2) is 10.1. The number of fused-ring (bicyclic) bond motifs is 1. The first-order valence-electron chi connectivity index (χ1n) is 12.3. The summed E-state index contributed by atoms with van der Waals surface area (Å²) in [6.45, 7) is 5.23. The number of nitrogens with zero attached hydrogens (tertiary/aromatic N) is 3. The standard InChI is InChI=1S/C28H25Cl2N3O5S/c1-4-28(2,3)33(39(36,37)24-15-18(29)11-14-20(24)30)22-16-25(34)32(27(22)35)19-12-9-17(10-13-19)26-31-21-7-5-6-8-23(21)38-26/h5-15,22H,4,16H2,1-3H3. The van der Waals surface area contributed by atoms with Crippen molar-refractivity contribution in [3.8, 4) is 11.5 Å². The molecular formula is C28H25Cl2N3O5S. The maximum Gasteiger partial charge on any atom is 0.252 e. The highest BCUT2D eigenvalue weighted by atomic mass is 35.5. The normalized spacial score (nSPS) is 16.6. The summed E-state index contributed by atoms with van der Waals surface area (Å²) in [7, 11) is -4.33. The molecule has 2 heterocycles. The van der Waals surface area contributed by atoms with Gasteiger partial charge in [0.25, 0.3) is 5.91 Å². The van der Waals surface area contributed by atoms with Gasteiger partial charge >= 0.3 is 0 Å². The van der Waals surface area contributed by atoms with E-state index >= 15 is 0 Å². The number of aromatic nitrogens is 1. The molecule has 0 radical (unpaired) electrons. The van der Waals surface area contributed by atoms with Gasteiger partial charge in [0.05, 0.1) is 17.1 Å². The number of carbonyl (C=O) groups excluding carboxylic acids is 2. The number of benzene rings is 3. The molecule has 1 aliphatic rings. The van der Waals surface area contributed by atoms with Crippen molar-refractivity contribution in [3.05, 3.63) is 76.8 Å². The fraction of sp³-hybridized carbons (Fsp3) is 0.250. The molecule has 1 aliphatic heterocycles. The number of para-hydroxylation sites is 2. The van der Waals surface area contributed by atoms with Gasteiger partial charge in [-0.1, -0.05) is 42.3 Å². The molecule has 8 nitrogen and oxygen atoms in total. The van der Waals surface area contributed by atoms with Crippen LogP contribution < -0.4 is 4.90 Å². The maximum atomic E-state index is 14.0. The molecule has 4 aromatic rings. The Kier molecular flexibility index (Phi) is 7.05. The number of sulfonamides is 1. The van der Waals surface area contributed by atoms with Crippen LogP contribution in [0.5, 0.6) is 0 Å². The first kappa shape index (κ1) is 27.3. The molecule has 1 aromatic heterocycles. The van der Waals surface area contributed by atoms with Gasteiger partial charge in [0.15, 0.2) is 5.58 Å². The van der Waals surface area contributed by atoms with Gasteiger partial charge < -0.3 is 4.42 Å². The monoisotopic (exact) mass is 585 g/mol. The fourth-order valence-corrected chi connectivity index (χ4v) is 7.40. The number of amides is 2. The molecule has 3 aromatic carbocycles. The molecule has 202 valence electrons. The van der Waals surface area contributed by atoms with Crippen molar-refractivity contribution in [3.63, 3.8) is 0 Å². The number of hydrogen-bond donors (Lipinski definition) is 0. The van der Waals surface area contributed by atoms with Crippen LogP contribution in [0.2, 0.25) is 10.0 Å². The highest BCUT2D eigenvalue weighted by Crippen LogP contribution is 2.38. The summed E-state index contributed by atoms with van der Waals surface area (Å²) in [5, 5.41) is 0.154. The first-order chi connectivity index (χ1) is 18.4. The van der Waals surface area contributed by atoms with Gasteiger partial charge in [-0.2, -0.15) is 4.31 Å². The third-order valence-electron chi connectivity index (χ3n) is 6.96. The van der Waals surface area contributed by atoms with Crippen molar-refractivity contribution in [2.75, 3.05) is 4.90 Å². The first-order valence-corrected chi connectivity index (χ1v) is 14.5. The summed E-state index contributed by atoms with van der Waals surface area (Å²) in [6, 6.07) is 16.9.